The molecular weight excluding hydrogens is 441 g/mol. The van der Waals surface area contributed by atoms with Crippen LogP contribution in [0.25, 0.3) is 0 Å². The molecule has 2 aromatic rings. The van der Waals surface area contributed by atoms with E-state index in [1.54, 1.807) is 14.2 Å². The van der Waals surface area contributed by atoms with Gasteiger partial charge in [-0.25, -0.2) is 4.99 Å². The Bertz CT molecular complexity index is 720. The Kier molecular flexibility index (Phi) is 9.87. The monoisotopic (exact) mass is 469 g/mol. The number of halogens is 1. The van der Waals surface area contributed by atoms with E-state index in [4.69, 9.17) is 15.2 Å². The number of nitrogens with one attached hydrogen (secondary N) is 1. The van der Waals surface area contributed by atoms with Gasteiger partial charge in [0.15, 0.2) is 17.5 Å². The zero-order valence-electron chi connectivity index (χ0n) is 15.6. The van der Waals surface area contributed by atoms with Gasteiger partial charge >= 0.3 is 0 Å². The number of nitrogens with two attached hydrogens (primary N) is 1. The molecule has 142 valence electrons. The summed E-state index contributed by atoms with van der Waals surface area (Å²) in [5.41, 5.74) is 9.65. The molecular formula is C20H28IN3O2. The zero-order chi connectivity index (χ0) is 18.1. The van der Waals surface area contributed by atoms with Crippen molar-refractivity contribution >= 4 is 29.9 Å². The molecule has 0 bridgehead atoms. The molecule has 0 saturated carbocycles. The van der Waals surface area contributed by atoms with Crippen molar-refractivity contribution in [3.63, 3.8) is 0 Å². The fourth-order valence-corrected chi connectivity index (χ4v) is 2.65. The van der Waals surface area contributed by atoms with Crippen LogP contribution in [0.15, 0.2) is 47.5 Å². The van der Waals surface area contributed by atoms with E-state index in [1.165, 1.54) is 11.1 Å². The van der Waals surface area contributed by atoms with Crippen molar-refractivity contribution in [1.29, 1.82) is 0 Å². The third-order valence-electron chi connectivity index (χ3n) is 4.09. The molecule has 0 atom stereocenters. The number of rotatable bonds is 8. The smallest absolute Gasteiger partial charge is 0.188 e. The van der Waals surface area contributed by atoms with Crippen LogP contribution in [-0.2, 0) is 19.4 Å². The maximum absolute atomic E-state index is 5.97. The number of aliphatic imine (C=N–C) groups is 1. The van der Waals surface area contributed by atoms with Gasteiger partial charge in [-0.15, -0.1) is 24.0 Å². The molecule has 6 heteroatoms. The van der Waals surface area contributed by atoms with Crippen LogP contribution in [0.5, 0.6) is 11.5 Å². The van der Waals surface area contributed by atoms with Crippen molar-refractivity contribution < 1.29 is 9.47 Å². The third kappa shape index (κ3) is 6.40. The Balaban J connectivity index is 0.00000338. The first kappa shape index (κ1) is 22.1. The minimum absolute atomic E-state index is 0. The van der Waals surface area contributed by atoms with Crippen molar-refractivity contribution in [1.82, 2.24) is 5.32 Å². The second-order valence-electron chi connectivity index (χ2n) is 5.69. The first-order valence-electron chi connectivity index (χ1n) is 8.49. The fraction of sp³-hybridized carbons (Fsp3) is 0.350. The number of aryl methyl sites for hydroxylation is 1. The molecule has 0 unspecified atom stereocenters. The molecule has 0 fully saturated rings. The predicted octanol–water partition coefficient (Wildman–Crippen LogP) is 3.53. The summed E-state index contributed by atoms with van der Waals surface area (Å²) in [6, 6.07) is 14.2. The van der Waals surface area contributed by atoms with Crippen molar-refractivity contribution in [2.45, 2.75) is 26.3 Å². The normalized spacial score (nSPS) is 10.8. The molecule has 0 aliphatic rings. The second-order valence-corrected chi connectivity index (χ2v) is 5.69. The molecule has 0 saturated heterocycles. The summed E-state index contributed by atoms with van der Waals surface area (Å²) in [5, 5.41) is 3.16. The average molecular weight is 469 g/mol. The van der Waals surface area contributed by atoms with Crippen LogP contribution in [-0.4, -0.2) is 26.7 Å². The second kappa shape index (κ2) is 11.6. The quantitative estimate of drug-likeness (QED) is 0.353. The minimum Gasteiger partial charge on any atom is -0.493 e. The first-order valence-corrected chi connectivity index (χ1v) is 8.49. The van der Waals surface area contributed by atoms with Crippen LogP contribution < -0.4 is 20.5 Å². The maximum Gasteiger partial charge on any atom is 0.188 e. The van der Waals surface area contributed by atoms with E-state index in [0.29, 0.717) is 19.0 Å². The standard InChI is InChI=1S/C20H27N3O2.HI/c1-4-16-7-5-6-8-17(16)14-23-20(21)22-12-11-15-9-10-18(24-2)19(13-15)25-3;/h5-10,13H,4,11-12,14H2,1-3H3,(H3,21,22,23);1H. The van der Waals surface area contributed by atoms with E-state index in [9.17, 15) is 0 Å². The number of hydrogen-bond acceptors (Lipinski definition) is 3. The van der Waals surface area contributed by atoms with Crippen LogP contribution >= 0.6 is 24.0 Å². The van der Waals surface area contributed by atoms with E-state index >= 15 is 0 Å². The van der Waals surface area contributed by atoms with Gasteiger partial charge in [0, 0.05) is 6.54 Å². The lowest BCUT2D eigenvalue weighted by atomic mass is 10.1. The number of methoxy groups -OCH3 is 2. The molecule has 26 heavy (non-hydrogen) atoms. The lowest BCUT2D eigenvalue weighted by Crippen LogP contribution is -2.33. The Morgan fingerprint density at radius 3 is 2.38 bits per heavy atom. The largest absolute Gasteiger partial charge is 0.493 e. The van der Waals surface area contributed by atoms with Gasteiger partial charge in [0.05, 0.1) is 20.8 Å². The Morgan fingerprint density at radius 2 is 1.73 bits per heavy atom. The molecule has 0 radical (unpaired) electrons. The summed E-state index contributed by atoms with van der Waals surface area (Å²) in [4.78, 5) is 4.43. The third-order valence-corrected chi connectivity index (χ3v) is 4.09. The summed E-state index contributed by atoms with van der Waals surface area (Å²) in [6.45, 7) is 3.45. The minimum atomic E-state index is 0. The van der Waals surface area contributed by atoms with Crippen LogP contribution in [0.3, 0.4) is 0 Å². The average Bonchev–Trinajstić information content (AvgIpc) is 2.66. The van der Waals surface area contributed by atoms with Gasteiger partial charge in [-0.3, -0.25) is 0 Å². The number of guanidine groups is 1. The highest BCUT2D eigenvalue weighted by Crippen LogP contribution is 2.27. The lowest BCUT2D eigenvalue weighted by Gasteiger charge is -2.10. The molecule has 0 amide bonds. The Labute approximate surface area is 173 Å². The van der Waals surface area contributed by atoms with Crippen molar-refractivity contribution in [3.8, 4) is 11.5 Å². The van der Waals surface area contributed by atoms with Crippen molar-refractivity contribution in [2.75, 3.05) is 20.8 Å². The van der Waals surface area contributed by atoms with Gasteiger partial charge in [-0.05, 0) is 41.7 Å². The number of benzene rings is 2. The summed E-state index contributed by atoms with van der Waals surface area (Å²) in [6.07, 6.45) is 1.82. The molecule has 2 aromatic carbocycles. The summed E-state index contributed by atoms with van der Waals surface area (Å²) >= 11 is 0. The van der Waals surface area contributed by atoms with Crippen molar-refractivity contribution in [2.24, 2.45) is 10.7 Å². The predicted molar refractivity (Wildman–Crippen MR) is 118 cm³/mol. The van der Waals surface area contributed by atoms with E-state index < -0.39 is 0 Å². The van der Waals surface area contributed by atoms with Crippen LogP contribution in [0.2, 0.25) is 0 Å². The molecule has 0 spiro atoms. The summed E-state index contributed by atoms with van der Waals surface area (Å²) in [7, 11) is 3.27. The topological polar surface area (TPSA) is 68.9 Å². The van der Waals surface area contributed by atoms with E-state index in [1.807, 2.05) is 24.3 Å². The molecule has 0 aromatic heterocycles. The van der Waals surface area contributed by atoms with Gasteiger partial charge in [0.2, 0.25) is 0 Å². The maximum atomic E-state index is 5.97. The highest BCUT2D eigenvalue weighted by atomic mass is 127. The van der Waals surface area contributed by atoms with E-state index in [0.717, 1.165) is 29.9 Å². The summed E-state index contributed by atoms with van der Waals surface area (Å²) < 4.78 is 10.6. The highest BCUT2D eigenvalue weighted by Gasteiger charge is 2.04. The van der Waals surface area contributed by atoms with Gasteiger partial charge in [0.1, 0.15) is 0 Å². The first-order chi connectivity index (χ1) is 12.2. The highest BCUT2D eigenvalue weighted by molar-refractivity contribution is 14.0. The van der Waals surface area contributed by atoms with Crippen LogP contribution in [0, 0.1) is 0 Å². The SMILES string of the molecule is CCc1ccccc1CN=C(N)NCCc1ccc(OC)c(OC)c1.I. The Hall–Kier alpha value is -1.96. The number of hydrogen-bond donors (Lipinski definition) is 2. The molecule has 0 aliphatic carbocycles. The molecule has 0 heterocycles. The molecule has 2 rings (SSSR count). The summed E-state index contributed by atoms with van der Waals surface area (Å²) in [5.74, 6) is 1.93. The molecule has 5 nitrogen and oxygen atoms in total. The van der Waals surface area contributed by atoms with E-state index in [2.05, 4.69) is 35.4 Å². The van der Waals surface area contributed by atoms with Gasteiger partial charge < -0.3 is 20.5 Å². The molecule has 0 aliphatic heterocycles. The van der Waals surface area contributed by atoms with Gasteiger partial charge in [-0.2, -0.15) is 0 Å². The van der Waals surface area contributed by atoms with Gasteiger partial charge in [-0.1, -0.05) is 37.3 Å². The number of ether oxygens (including phenoxy) is 2. The lowest BCUT2D eigenvalue weighted by molar-refractivity contribution is 0.354. The van der Waals surface area contributed by atoms with Crippen molar-refractivity contribution in [3.05, 3.63) is 59.2 Å². The fourth-order valence-electron chi connectivity index (χ4n) is 2.65. The zero-order valence-corrected chi connectivity index (χ0v) is 17.9. The number of nitrogens with zero attached hydrogens (tertiary/aromatic N) is 1. The van der Waals surface area contributed by atoms with E-state index in [-0.39, 0.29) is 24.0 Å². The van der Waals surface area contributed by atoms with Crippen LogP contribution in [0.1, 0.15) is 23.6 Å². The van der Waals surface area contributed by atoms with Gasteiger partial charge in [0.25, 0.3) is 0 Å². The Morgan fingerprint density at radius 1 is 1.04 bits per heavy atom. The van der Waals surface area contributed by atoms with Crippen LogP contribution in [0.4, 0.5) is 0 Å². The molecule has 3 N–H and O–H groups in total.